The molecular formula is C16H24N2O3S. The van der Waals surface area contributed by atoms with E-state index in [4.69, 9.17) is 0 Å². The van der Waals surface area contributed by atoms with Crippen LogP contribution in [0, 0.1) is 5.92 Å². The van der Waals surface area contributed by atoms with E-state index in [2.05, 4.69) is 11.6 Å². The second-order valence-electron chi connectivity index (χ2n) is 5.96. The van der Waals surface area contributed by atoms with Crippen molar-refractivity contribution >= 4 is 15.9 Å². The zero-order chi connectivity index (χ0) is 16.0. The summed E-state index contributed by atoms with van der Waals surface area (Å²) in [6.45, 7) is 3.44. The van der Waals surface area contributed by atoms with Crippen LogP contribution in [0.4, 0.5) is 0 Å². The maximum atomic E-state index is 12.1. The van der Waals surface area contributed by atoms with Crippen LogP contribution in [0.3, 0.4) is 0 Å². The molecule has 0 saturated carbocycles. The van der Waals surface area contributed by atoms with Crippen molar-refractivity contribution in [3.05, 3.63) is 35.9 Å². The fourth-order valence-electron chi connectivity index (χ4n) is 2.67. The molecule has 0 radical (unpaired) electrons. The zero-order valence-electron chi connectivity index (χ0n) is 13.0. The molecule has 1 unspecified atom stereocenters. The van der Waals surface area contributed by atoms with Crippen LogP contribution in [0.25, 0.3) is 0 Å². The van der Waals surface area contributed by atoms with E-state index < -0.39 is 10.0 Å². The summed E-state index contributed by atoms with van der Waals surface area (Å²) in [6, 6.07) is 9.47. The van der Waals surface area contributed by atoms with Crippen LogP contribution in [-0.4, -0.2) is 44.6 Å². The first kappa shape index (κ1) is 17.0. The van der Waals surface area contributed by atoms with Crippen molar-refractivity contribution in [2.45, 2.75) is 26.2 Å². The smallest absolute Gasteiger partial charge is 0.237 e. The highest BCUT2D eigenvalue weighted by Crippen LogP contribution is 2.15. The fraction of sp³-hybridized carbons (Fsp3) is 0.562. The van der Waals surface area contributed by atoms with Crippen molar-refractivity contribution < 1.29 is 13.2 Å². The minimum atomic E-state index is -3.42. The number of sulfonamides is 1. The van der Waals surface area contributed by atoms with Crippen LogP contribution in [0.5, 0.6) is 0 Å². The van der Waals surface area contributed by atoms with Gasteiger partial charge in [-0.15, -0.1) is 0 Å². The Morgan fingerprint density at radius 3 is 2.73 bits per heavy atom. The molecule has 1 aromatic carbocycles. The Hall–Kier alpha value is -1.40. The summed E-state index contributed by atoms with van der Waals surface area (Å²) in [4.78, 5) is 13.8. The molecule has 1 aromatic rings. The number of hydrogen-bond donors (Lipinski definition) is 1. The van der Waals surface area contributed by atoms with Gasteiger partial charge < -0.3 is 4.90 Å². The van der Waals surface area contributed by atoms with E-state index in [9.17, 15) is 13.2 Å². The van der Waals surface area contributed by atoms with Crippen LogP contribution in [-0.2, 0) is 21.2 Å². The fourth-order valence-corrected chi connectivity index (χ4v) is 3.66. The molecule has 1 amide bonds. The second kappa shape index (κ2) is 7.74. The van der Waals surface area contributed by atoms with Crippen LogP contribution in [0.2, 0.25) is 0 Å². The highest BCUT2D eigenvalue weighted by Gasteiger charge is 2.22. The molecule has 1 saturated heterocycles. The Bertz CT molecular complexity index is 587. The van der Waals surface area contributed by atoms with Crippen molar-refractivity contribution in [2.24, 2.45) is 5.92 Å². The first-order valence-corrected chi connectivity index (χ1v) is 9.40. The first-order chi connectivity index (χ1) is 10.5. The standard InChI is InChI=1S/C16H24N2O3S/c1-14-6-5-10-18(13-14)16(19)12-17-22(20,21)11-9-15-7-3-2-4-8-15/h2-4,7-8,14,17H,5-6,9-13H2,1H3. The van der Waals surface area contributed by atoms with Gasteiger partial charge in [0.1, 0.15) is 0 Å². The van der Waals surface area contributed by atoms with E-state index in [1.165, 1.54) is 0 Å². The van der Waals surface area contributed by atoms with Gasteiger partial charge in [0.15, 0.2) is 0 Å². The molecule has 22 heavy (non-hydrogen) atoms. The molecular weight excluding hydrogens is 300 g/mol. The summed E-state index contributed by atoms with van der Waals surface area (Å²) in [6.07, 6.45) is 2.57. The summed E-state index contributed by atoms with van der Waals surface area (Å²) in [5, 5.41) is 0. The van der Waals surface area contributed by atoms with Gasteiger partial charge in [-0.1, -0.05) is 37.3 Å². The minimum Gasteiger partial charge on any atom is -0.341 e. The summed E-state index contributed by atoms with van der Waals surface area (Å²) >= 11 is 0. The lowest BCUT2D eigenvalue weighted by Gasteiger charge is -2.31. The number of benzene rings is 1. The molecule has 1 atom stereocenters. The molecule has 0 bridgehead atoms. The van der Waals surface area contributed by atoms with Gasteiger partial charge in [-0.2, -0.15) is 0 Å². The predicted octanol–water partition coefficient (Wildman–Crippen LogP) is 1.41. The van der Waals surface area contributed by atoms with E-state index in [1.807, 2.05) is 30.3 Å². The molecule has 1 aliphatic rings. The third-order valence-electron chi connectivity index (χ3n) is 3.96. The molecule has 2 rings (SSSR count). The molecule has 122 valence electrons. The summed E-state index contributed by atoms with van der Waals surface area (Å²) in [5.41, 5.74) is 0.976. The maximum absolute atomic E-state index is 12.1. The number of piperidine rings is 1. The molecule has 1 heterocycles. The van der Waals surface area contributed by atoms with Crippen molar-refractivity contribution in [3.8, 4) is 0 Å². The van der Waals surface area contributed by atoms with E-state index in [-0.39, 0.29) is 18.2 Å². The number of nitrogens with zero attached hydrogens (tertiary/aromatic N) is 1. The third kappa shape index (κ3) is 5.42. The van der Waals surface area contributed by atoms with Crippen molar-refractivity contribution in [2.75, 3.05) is 25.4 Å². The van der Waals surface area contributed by atoms with Crippen LogP contribution in [0.15, 0.2) is 30.3 Å². The number of rotatable bonds is 6. The molecule has 1 fully saturated rings. The van der Waals surface area contributed by atoms with Crippen molar-refractivity contribution in [1.82, 2.24) is 9.62 Å². The Morgan fingerprint density at radius 1 is 1.32 bits per heavy atom. The molecule has 0 spiro atoms. The second-order valence-corrected chi connectivity index (χ2v) is 7.89. The Kier molecular flexibility index (Phi) is 5.97. The van der Waals surface area contributed by atoms with E-state index in [0.717, 1.165) is 31.5 Å². The van der Waals surface area contributed by atoms with Crippen LogP contribution in [0.1, 0.15) is 25.3 Å². The number of aryl methyl sites for hydroxylation is 1. The molecule has 1 aliphatic heterocycles. The number of carbonyl (C=O) groups is 1. The van der Waals surface area contributed by atoms with Gasteiger partial charge in [-0.3, -0.25) is 4.79 Å². The van der Waals surface area contributed by atoms with E-state index in [0.29, 0.717) is 12.3 Å². The predicted molar refractivity (Wildman–Crippen MR) is 86.9 cm³/mol. The Balaban J connectivity index is 1.78. The number of carbonyl (C=O) groups excluding carboxylic acids is 1. The van der Waals surface area contributed by atoms with Gasteiger partial charge in [0.2, 0.25) is 15.9 Å². The highest BCUT2D eigenvalue weighted by atomic mass is 32.2. The lowest BCUT2D eigenvalue weighted by Crippen LogP contribution is -2.45. The molecule has 0 aliphatic carbocycles. The lowest BCUT2D eigenvalue weighted by atomic mass is 10.0. The minimum absolute atomic E-state index is 0.000691. The van der Waals surface area contributed by atoms with E-state index in [1.54, 1.807) is 4.90 Å². The normalized spacial score (nSPS) is 19.1. The molecule has 0 aromatic heterocycles. The lowest BCUT2D eigenvalue weighted by molar-refractivity contribution is -0.131. The summed E-state index contributed by atoms with van der Waals surface area (Å²) in [5.74, 6) is 0.364. The van der Waals surface area contributed by atoms with Crippen LogP contribution < -0.4 is 4.72 Å². The van der Waals surface area contributed by atoms with Gasteiger partial charge in [-0.05, 0) is 30.7 Å². The summed E-state index contributed by atoms with van der Waals surface area (Å²) < 4.78 is 26.4. The number of hydrogen-bond acceptors (Lipinski definition) is 3. The largest absolute Gasteiger partial charge is 0.341 e. The van der Waals surface area contributed by atoms with Gasteiger partial charge in [0, 0.05) is 13.1 Å². The Labute approximate surface area is 132 Å². The zero-order valence-corrected chi connectivity index (χ0v) is 13.8. The van der Waals surface area contributed by atoms with Crippen molar-refractivity contribution in [3.63, 3.8) is 0 Å². The summed E-state index contributed by atoms with van der Waals surface area (Å²) in [7, 11) is -3.42. The number of amides is 1. The monoisotopic (exact) mass is 324 g/mol. The molecule has 6 heteroatoms. The average molecular weight is 324 g/mol. The van der Waals surface area contributed by atoms with Gasteiger partial charge in [0.25, 0.3) is 0 Å². The first-order valence-electron chi connectivity index (χ1n) is 7.75. The average Bonchev–Trinajstić information content (AvgIpc) is 2.52. The van der Waals surface area contributed by atoms with Crippen LogP contribution >= 0.6 is 0 Å². The topological polar surface area (TPSA) is 66.5 Å². The quantitative estimate of drug-likeness (QED) is 0.860. The number of nitrogens with one attached hydrogen (secondary N) is 1. The maximum Gasteiger partial charge on any atom is 0.237 e. The molecule has 1 N–H and O–H groups in total. The Morgan fingerprint density at radius 2 is 2.05 bits per heavy atom. The third-order valence-corrected chi connectivity index (χ3v) is 5.28. The van der Waals surface area contributed by atoms with E-state index >= 15 is 0 Å². The van der Waals surface area contributed by atoms with Gasteiger partial charge in [-0.25, -0.2) is 13.1 Å². The van der Waals surface area contributed by atoms with Gasteiger partial charge >= 0.3 is 0 Å². The molecule has 5 nitrogen and oxygen atoms in total. The SMILES string of the molecule is CC1CCCN(C(=O)CNS(=O)(=O)CCc2ccccc2)C1. The number of likely N-dealkylation sites (tertiary alicyclic amines) is 1. The van der Waals surface area contributed by atoms with Crippen molar-refractivity contribution in [1.29, 1.82) is 0 Å². The van der Waals surface area contributed by atoms with Gasteiger partial charge in [0.05, 0.1) is 12.3 Å². The highest BCUT2D eigenvalue weighted by molar-refractivity contribution is 7.89.